The van der Waals surface area contributed by atoms with Gasteiger partial charge in [0.1, 0.15) is 16.0 Å². The van der Waals surface area contributed by atoms with Crippen molar-refractivity contribution in [3.8, 4) is 10.6 Å². The predicted molar refractivity (Wildman–Crippen MR) is 113 cm³/mol. The zero-order valence-corrected chi connectivity index (χ0v) is 17.0. The number of aromatic nitrogens is 3. The van der Waals surface area contributed by atoms with E-state index in [-0.39, 0.29) is 16.9 Å². The average molecular weight is 427 g/mol. The van der Waals surface area contributed by atoms with Gasteiger partial charge >= 0.3 is 0 Å². The maximum absolute atomic E-state index is 13.1. The first-order valence-corrected chi connectivity index (χ1v) is 10.1. The van der Waals surface area contributed by atoms with Crippen LogP contribution in [0.5, 0.6) is 0 Å². The van der Waals surface area contributed by atoms with Crippen molar-refractivity contribution in [2.75, 3.05) is 5.32 Å². The molecule has 4 rings (SSSR count). The molecule has 0 bridgehead atoms. The number of amides is 1. The zero-order valence-electron chi connectivity index (χ0n) is 15.4. The molecule has 4 aromatic rings. The topological polar surface area (TPSA) is 59.8 Å². The summed E-state index contributed by atoms with van der Waals surface area (Å²) in [5, 5.41) is 10.3. The Labute approximate surface area is 175 Å². The van der Waals surface area contributed by atoms with E-state index in [0.717, 1.165) is 16.1 Å². The summed E-state index contributed by atoms with van der Waals surface area (Å²) < 4.78 is 14.6. The zero-order chi connectivity index (χ0) is 20.4. The molecule has 146 valence electrons. The van der Waals surface area contributed by atoms with Crippen LogP contribution < -0.4 is 5.32 Å². The molecule has 0 aliphatic carbocycles. The Morgan fingerprint density at radius 2 is 2.03 bits per heavy atom. The molecule has 0 saturated heterocycles. The smallest absolute Gasteiger partial charge is 0.260 e. The maximum atomic E-state index is 13.1. The molecule has 1 amide bonds. The first-order chi connectivity index (χ1) is 14.0. The van der Waals surface area contributed by atoms with Crippen LogP contribution in [-0.4, -0.2) is 20.7 Å². The predicted octanol–water partition coefficient (Wildman–Crippen LogP) is 5.41. The van der Waals surface area contributed by atoms with Crippen LogP contribution in [0.4, 0.5) is 10.1 Å². The standard InChI is InChI=1S/C21H16ClFN4OS/c1-13-18(19(22)27(26-13)12-14-5-7-16(23)8-6-14)20(28)25-17-4-2-3-15(11-17)21-24-9-10-29-21/h2-11H,12H2,1H3,(H,25,28). The van der Waals surface area contributed by atoms with Crippen molar-refractivity contribution in [1.29, 1.82) is 0 Å². The largest absolute Gasteiger partial charge is 0.322 e. The first kappa shape index (κ1) is 19.3. The Bertz CT molecular complexity index is 1160. The number of anilines is 1. The molecule has 0 spiro atoms. The molecule has 8 heteroatoms. The van der Waals surface area contributed by atoms with E-state index in [1.807, 2.05) is 23.6 Å². The average Bonchev–Trinajstić information content (AvgIpc) is 3.33. The lowest BCUT2D eigenvalue weighted by Gasteiger charge is -2.07. The second kappa shape index (κ2) is 8.14. The number of thiazole rings is 1. The van der Waals surface area contributed by atoms with Gasteiger partial charge in [0.25, 0.3) is 5.91 Å². The van der Waals surface area contributed by atoms with Gasteiger partial charge in [0, 0.05) is 22.8 Å². The number of aryl methyl sites for hydroxylation is 1. The lowest BCUT2D eigenvalue weighted by atomic mass is 10.2. The van der Waals surface area contributed by atoms with Gasteiger partial charge in [0.15, 0.2) is 0 Å². The molecule has 2 aromatic carbocycles. The maximum Gasteiger partial charge on any atom is 0.260 e. The summed E-state index contributed by atoms with van der Waals surface area (Å²) in [7, 11) is 0. The lowest BCUT2D eigenvalue weighted by Crippen LogP contribution is -2.13. The molecule has 0 fully saturated rings. The molecular weight excluding hydrogens is 411 g/mol. The summed E-state index contributed by atoms with van der Waals surface area (Å²) in [6.45, 7) is 2.07. The van der Waals surface area contributed by atoms with Crippen molar-refractivity contribution in [3.63, 3.8) is 0 Å². The van der Waals surface area contributed by atoms with Gasteiger partial charge in [0.05, 0.1) is 17.8 Å². The molecule has 0 unspecified atom stereocenters. The lowest BCUT2D eigenvalue weighted by molar-refractivity contribution is 0.102. The molecule has 0 aliphatic rings. The Hall–Kier alpha value is -3.03. The van der Waals surface area contributed by atoms with E-state index in [1.165, 1.54) is 28.2 Å². The van der Waals surface area contributed by atoms with Gasteiger partial charge in [-0.25, -0.2) is 14.1 Å². The molecular formula is C21H16ClFN4OS. The Kier molecular flexibility index (Phi) is 5.42. The van der Waals surface area contributed by atoms with E-state index in [0.29, 0.717) is 23.5 Å². The van der Waals surface area contributed by atoms with Crippen LogP contribution in [0, 0.1) is 12.7 Å². The third-order valence-corrected chi connectivity index (χ3v) is 5.54. The van der Waals surface area contributed by atoms with Crippen molar-refractivity contribution in [2.24, 2.45) is 0 Å². The molecule has 0 radical (unpaired) electrons. The summed E-state index contributed by atoms with van der Waals surface area (Å²) in [6, 6.07) is 13.5. The molecule has 5 nitrogen and oxygen atoms in total. The minimum absolute atomic E-state index is 0.236. The van der Waals surface area contributed by atoms with E-state index in [2.05, 4.69) is 15.4 Å². The van der Waals surface area contributed by atoms with Crippen LogP contribution in [0.1, 0.15) is 21.6 Å². The van der Waals surface area contributed by atoms with Gasteiger partial charge < -0.3 is 5.32 Å². The van der Waals surface area contributed by atoms with E-state index >= 15 is 0 Å². The second-order valence-corrected chi connectivity index (χ2v) is 7.66. The van der Waals surface area contributed by atoms with Crippen LogP contribution in [-0.2, 0) is 6.54 Å². The van der Waals surface area contributed by atoms with Crippen LogP contribution in [0.2, 0.25) is 5.15 Å². The SMILES string of the molecule is Cc1nn(Cc2ccc(F)cc2)c(Cl)c1C(=O)Nc1cccc(-c2nccs2)c1. The molecule has 0 saturated carbocycles. The van der Waals surface area contributed by atoms with Crippen molar-refractivity contribution >= 4 is 34.5 Å². The first-order valence-electron chi connectivity index (χ1n) is 8.80. The number of nitrogens with one attached hydrogen (secondary N) is 1. The summed E-state index contributed by atoms with van der Waals surface area (Å²) in [5.74, 6) is -0.648. The minimum Gasteiger partial charge on any atom is -0.322 e. The van der Waals surface area contributed by atoms with Gasteiger partial charge in [-0.3, -0.25) is 4.79 Å². The fourth-order valence-electron chi connectivity index (χ4n) is 2.97. The van der Waals surface area contributed by atoms with E-state index in [9.17, 15) is 9.18 Å². The third kappa shape index (κ3) is 4.21. The minimum atomic E-state index is -0.339. The van der Waals surface area contributed by atoms with Crippen LogP contribution in [0.15, 0.2) is 60.1 Å². The quantitative estimate of drug-likeness (QED) is 0.464. The van der Waals surface area contributed by atoms with Crippen molar-refractivity contribution in [2.45, 2.75) is 13.5 Å². The van der Waals surface area contributed by atoms with Gasteiger partial charge in [-0.15, -0.1) is 11.3 Å². The summed E-state index contributed by atoms with van der Waals surface area (Å²) >= 11 is 7.97. The molecule has 2 heterocycles. The number of carbonyl (C=O) groups is 1. The van der Waals surface area contributed by atoms with Crippen molar-refractivity contribution < 1.29 is 9.18 Å². The number of rotatable bonds is 5. The van der Waals surface area contributed by atoms with Gasteiger partial charge in [-0.1, -0.05) is 35.9 Å². The number of hydrogen-bond donors (Lipinski definition) is 1. The molecule has 1 N–H and O–H groups in total. The molecule has 0 atom stereocenters. The highest BCUT2D eigenvalue weighted by Crippen LogP contribution is 2.26. The monoisotopic (exact) mass is 426 g/mol. The fraction of sp³-hybridized carbons (Fsp3) is 0.0952. The summed E-state index contributed by atoms with van der Waals surface area (Å²) in [6.07, 6.45) is 1.74. The molecule has 0 aliphatic heterocycles. The molecule has 29 heavy (non-hydrogen) atoms. The number of carbonyl (C=O) groups excluding carboxylic acids is 1. The third-order valence-electron chi connectivity index (χ3n) is 4.34. The Morgan fingerprint density at radius 3 is 2.76 bits per heavy atom. The van der Waals surface area contributed by atoms with Gasteiger partial charge in [-0.2, -0.15) is 5.10 Å². The summed E-state index contributed by atoms with van der Waals surface area (Å²) in [5.41, 5.74) is 3.23. The van der Waals surface area contributed by atoms with E-state index in [4.69, 9.17) is 11.6 Å². The van der Waals surface area contributed by atoms with E-state index < -0.39 is 0 Å². The number of nitrogens with zero attached hydrogens (tertiary/aromatic N) is 3. The normalized spacial score (nSPS) is 10.9. The van der Waals surface area contributed by atoms with E-state index in [1.54, 1.807) is 31.3 Å². The molecule has 2 aromatic heterocycles. The van der Waals surface area contributed by atoms with Crippen LogP contribution >= 0.6 is 22.9 Å². The van der Waals surface area contributed by atoms with Crippen LogP contribution in [0.25, 0.3) is 10.6 Å². The van der Waals surface area contributed by atoms with Gasteiger partial charge in [0.2, 0.25) is 0 Å². The Balaban J connectivity index is 1.55. The highest BCUT2D eigenvalue weighted by atomic mass is 35.5. The number of halogens is 2. The van der Waals surface area contributed by atoms with Gasteiger partial charge in [-0.05, 0) is 36.8 Å². The van der Waals surface area contributed by atoms with Crippen molar-refractivity contribution in [3.05, 3.63) is 87.9 Å². The fourth-order valence-corrected chi connectivity index (χ4v) is 3.92. The number of hydrogen-bond acceptors (Lipinski definition) is 4. The van der Waals surface area contributed by atoms with Crippen LogP contribution in [0.3, 0.4) is 0 Å². The highest BCUT2D eigenvalue weighted by molar-refractivity contribution is 7.13. The second-order valence-electron chi connectivity index (χ2n) is 6.41. The Morgan fingerprint density at radius 1 is 1.24 bits per heavy atom. The number of benzene rings is 2. The highest BCUT2D eigenvalue weighted by Gasteiger charge is 2.21. The summed E-state index contributed by atoms with van der Waals surface area (Å²) in [4.78, 5) is 17.1. The van der Waals surface area contributed by atoms with Crippen molar-refractivity contribution in [1.82, 2.24) is 14.8 Å².